The van der Waals surface area contributed by atoms with Crippen molar-refractivity contribution in [3.8, 4) is 0 Å². The highest BCUT2D eigenvalue weighted by Gasteiger charge is 2.20. The fourth-order valence-corrected chi connectivity index (χ4v) is 1.18. The Hall–Kier alpha value is -0.770. The molecule has 1 aliphatic carbocycles. The van der Waals surface area contributed by atoms with E-state index in [2.05, 4.69) is 5.32 Å². The van der Waals surface area contributed by atoms with E-state index in [1.54, 1.807) is 11.9 Å². The van der Waals surface area contributed by atoms with Crippen molar-refractivity contribution in [3.05, 3.63) is 0 Å². The van der Waals surface area contributed by atoms with Gasteiger partial charge in [0.15, 0.2) is 0 Å². The molecule has 1 aliphatic rings. The van der Waals surface area contributed by atoms with E-state index >= 15 is 0 Å². The van der Waals surface area contributed by atoms with Gasteiger partial charge in [-0.3, -0.25) is 0 Å². The van der Waals surface area contributed by atoms with Crippen LogP contribution in [0.25, 0.3) is 0 Å². The number of carbonyl (C=O) groups excluding carboxylic acids is 1. The van der Waals surface area contributed by atoms with E-state index in [-0.39, 0.29) is 6.03 Å². The topological polar surface area (TPSA) is 41.6 Å². The van der Waals surface area contributed by atoms with Gasteiger partial charge < -0.3 is 15.0 Å². The van der Waals surface area contributed by atoms with Crippen molar-refractivity contribution in [2.24, 2.45) is 5.92 Å². The van der Waals surface area contributed by atoms with Gasteiger partial charge in [-0.05, 0) is 32.1 Å². The lowest BCUT2D eigenvalue weighted by atomic mass is 10.4. The van der Waals surface area contributed by atoms with Crippen LogP contribution in [0.5, 0.6) is 0 Å². The molecule has 0 aliphatic heterocycles. The van der Waals surface area contributed by atoms with E-state index < -0.39 is 0 Å². The molecule has 0 aromatic carbocycles. The van der Waals surface area contributed by atoms with Crippen molar-refractivity contribution < 1.29 is 9.53 Å². The van der Waals surface area contributed by atoms with Gasteiger partial charge in [-0.2, -0.15) is 0 Å². The Labute approximate surface area is 92.0 Å². The molecule has 1 N–H and O–H groups in total. The molecule has 0 radical (unpaired) electrons. The number of amides is 2. The second kappa shape index (κ2) is 6.67. The van der Waals surface area contributed by atoms with Crippen LogP contribution < -0.4 is 5.32 Å². The third kappa shape index (κ3) is 5.62. The number of nitrogens with one attached hydrogen (secondary N) is 1. The number of hydrogen-bond acceptors (Lipinski definition) is 2. The minimum atomic E-state index is -0.000284. The molecular formula is C11H22N2O2. The summed E-state index contributed by atoms with van der Waals surface area (Å²) < 4.78 is 5.46. The molecule has 0 heterocycles. The largest absolute Gasteiger partial charge is 0.381 e. The normalized spacial score (nSPS) is 15.1. The summed E-state index contributed by atoms with van der Waals surface area (Å²) in [6.45, 7) is 5.06. The van der Waals surface area contributed by atoms with E-state index in [4.69, 9.17) is 4.74 Å². The van der Waals surface area contributed by atoms with Crippen LogP contribution in [0.2, 0.25) is 0 Å². The zero-order chi connectivity index (χ0) is 11.1. The monoisotopic (exact) mass is 214 g/mol. The number of rotatable bonds is 7. The minimum Gasteiger partial charge on any atom is -0.381 e. The predicted molar refractivity (Wildman–Crippen MR) is 59.9 cm³/mol. The van der Waals surface area contributed by atoms with Crippen LogP contribution in [0.1, 0.15) is 26.2 Å². The molecule has 0 bridgehead atoms. The summed E-state index contributed by atoms with van der Waals surface area (Å²) in [5.41, 5.74) is 0. The number of urea groups is 1. The molecule has 88 valence electrons. The maximum Gasteiger partial charge on any atom is 0.317 e. The molecule has 0 unspecified atom stereocenters. The third-order valence-corrected chi connectivity index (χ3v) is 2.61. The maximum atomic E-state index is 11.3. The Bertz CT molecular complexity index is 193. The van der Waals surface area contributed by atoms with E-state index in [0.29, 0.717) is 6.54 Å². The van der Waals surface area contributed by atoms with Crippen LogP contribution >= 0.6 is 0 Å². The van der Waals surface area contributed by atoms with Crippen molar-refractivity contribution in [2.45, 2.75) is 26.2 Å². The molecule has 1 fully saturated rings. The molecule has 0 saturated heterocycles. The van der Waals surface area contributed by atoms with Gasteiger partial charge in [-0.25, -0.2) is 4.79 Å². The fraction of sp³-hybridized carbons (Fsp3) is 0.909. The van der Waals surface area contributed by atoms with Crippen LogP contribution in [-0.4, -0.2) is 44.3 Å². The van der Waals surface area contributed by atoms with Gasteiger partial charge >= 0.3 is 6.03 Å². The average molecular weight is 214 g/mol. The smallest absolute Gasteiger partial charge is 0.317 e. The number of nitrogens with zero attached hydrogens (tertiary/aromatic N) is 1. The van der Waals surface area contributed by atoms with Gasteiger partial charge in [0.05, 0.1) is 0 Å². The van der Waals surface area contributed by atoms with Crippen molar-refractivity contribution in [2.75, 3.05) is 33.4 Å². The molecule has 4 nitrogen and oxygen atoms in total. The Kier molecular flexibility index (Phi) is 5.47. The molecule has 0 aromatic heterocycles. The molecule has 1 saturated carbocycles. The van der Waals surface area contributed by atoms with Crippen LogP contribution in [0.3, 0.4) is 0 Å². The molecule has 0 atom stereocenters. The fourth-order valence-electron chi connectivity index (χ4n) is 1.18. The summed E-state index contributed by atoms with van der Waals surface area (Å²) >= 11 is 0. The van der Waals surface area contributed by atoms with Gasteiger partial charge in [0.2, 0.25) is 0 Å². The lowest BCUT2D eigenvalue weighted by molar-refractivity contribution is 0.122. The van der Waals surface area contributed by atoms with E-state index in [0.717, 1.165) is 32.1 Å². The van der Waals surface area contributed by atoms with Crippen LogP contribution in [0.4, 0.5) is 4.79 Å². The van der Waals surface area contributed by atoms with Gasteiger partial charge in [0.1, 0.15) is 0 Å². The second-order valence-electron chi connectivity index (χ2n) is 4.12. The van der Waals surface area contributed by atoms with Gasteiger partial charge in [0, 0.05) is 33.4 Å². The van der Waals surface area contributed by atoms with Crippen molar-refractivity contribution in [1.82, 2.24) is 10.2 Å². The molecule has 15 heavy (non-hydrogen) atoms. The average Bonchev–Trinajstić information content (AvgIpc) is 3.05. The lowest BCUT2D eigenvalue weighted by Gasteiger charge is -2.15. The Balaban J connectivity index is 1.84. The summed E-state index contributed by atoms with van der Waals surface area (Å²) in [6, 6.07) is -0.000284. The predicted octanol–water partition coefficient (Wildman–Crippen LogP) is 1.46. The molecule has 1 rings (SSSR count). The first-order chi connectivity index (χ1) is 7.24. The van der Waals surface area contributed by atoms with E-state index in [9.17, 15) is 4.79 Å². The summed E-state index contributed by atoms with van der Waals surface area (Å²) in [5.74, 6) is 0.825. The first kappa shape index (κ1) is 12.3. The Morgan fingerprint density at radius 1 is 1.53 bits per heavy atom. The zero-order valence-corrected chi connectivity index (χ0v) is 9.79. The number of hydrogen-bond donors (Lipinski definition) is 1. The standard InChI is InChI=1S/C11H22N2O2/c1-3-13(2)11(14)12-7-4-8-15-9-10-5-6-10/h10H,3-9H2,1-2H3,(H,12,14). The molecule has 0 spiro atoms. The highest BCUT2D eigenvalue weighted by Crippen LogP contribution is 2.28. The van der Waals surface area contributed by atoms with E-state index in [1.165, 1.54) is 12.8 Å². The van der Waals surface area contributed by atoms with Gasteiger partial charge in [-0.15, -0.1) is 0 Å². The molecular weight excluding hydrogens is 192 g/mol. The van der Waals surface area contributed by atoms with E-state index in [1.807, 2.05) is 6.92 Å². The summed E-state index contributed by atoms with van der Waals surface area (Å²) in [7, 11) is 1.79. The van der Waals surface area contributed by atoms with Crippen molar-refractivity contribution in [1.29, 1.82) is 0 Å². The lowest BCUT2D eigenvalue weighted by Crippen LogP contribution is -2.37. The van der Waals surface area contributed by atoms with Crippen LogP contribution in [-0.2, 0) is 4.74 Å². The first-order valence-corrected chi connectivity index (χ1v) is 5.80. The Morgan fingerprint density at radius 2 is 2.27 bits per heavy atom. The SMILES string of the molecule is CCN(C)C(=O)NCCCOCC1CC1. The quantitative estimate of drug-likeness (QED) is 0.652. The highest BCUT2D eigenvalue weighted by molar-refractivity contribution is 5.73. The number of ether oxygens (including phenoxy) is 1. The van der Waals surface area contributed by atoms with Gasteiger partial charge in [-0.1, -0.05) is 0 Å². The molecule has 2 amide bonds. The minimum absolute atomic E-state index is 0.000284. The van der Waals surface area contributed by atoms with Crippen molar-refractivity contribution >= 4 is 6.03 Å². The zero-order valence-electron chi connectivity index (χ0n) is 9.79. The highest BCUT2D eigenvalue weighted by atomic mass is 16.5. The molecule has 0 aromatic rings. The third-order valence-electron chi connectivity index (χ3n) is 2.61. The summed E-state index contributed by atoms with van der Waals surface area (Å²) in [6.07, 6.45) is 3.56. The first-order valence-electron chi connectivity index (χ1n) is 5.80. The second-order valence-corrected chi connectivity index (χ2v) is 4.12. The van der Waals surface area contributed by atoms with Crippen LogP contribution in [0, 0.1) is 5.92 Å². The van der Waals surface area contributed by atoms with Crippen molar-refractivity contribution in [3.63, 3.8) is 0 Å². The Morgan fingerprint density at radius 3 is 2.87 bits per heavy atom. The summed E-state index contributed by atoms with van der Waals surface area (Å²) in [5, 5.41) is 2.84. The number of carbonyl (C=O) groups is 1. The van der Waals surface area contributed by atoms with Crippen LogP contribution in [0.15, 0.2) is 0 Å². The molecule has 4 heteroatoms. The maximum absolute atomic E-state index is 11.3. The van der Waals surface area contributed by atoms with Gasteiger partial charge in [0.25, 0.3) is 0 Å². The summed E-state index contributed by atoms with van der Waals surface area (Å²) in [4.78, 5) is 13.0.